The molecule has 3 rings (SSSR count). The van der Waals surface area contributed by atoms with Crippen LogP contribution in [0.5, 0.6) is 5.75 Å². The molecule has 0 spiro atoms. The molecule has 0 radical (unpaired) electrons. The standard InChI is InChI=1S/C21H14Cl4N2O2/c22-16-7-4-15(19(24)10-16)12-29-17-8-5-13(6-9-17)21(28)27-26-11-14-2-1-3-18(23)20(14)25/h1-11H,12H2,(H,27,28)/b26-11-. The van der Waals surface area contributed by atoms with Crippen LogP contribution in [0.3, 0.4) is 0 Å². The van der Waals surface area contributed by atoms with Gasteiger partial charge in [-0.05, 0) is 42.5 Å². The fraction of sp³-hybridized carbons (Fsp3) is 0.0476. The van der Waals surface area contributed by atoms with Gasteiger partial charge in [-0.25, -0.2) is 5.43 Å². The Morgan fingerprint density at radius 3 is 2.45 bits per heavy atom. The van der Waals surface area contributed by atoms with E-state index in [1.165, 1.54) is 6.21 Å². The van der Waals surface area contributed by atoms with Crippen molar-refractivity contribution < 1.29 is 9.53 Å². The topological polar surface area (TPSA) is 50.7 Å². The maximum Gasteiger partial charge on any atom is 0.271 e. The highest BCUT2D eigenvalue weighted by molar-refractivity contribution is 6.43. The Bertz CT molecular complexity index is 1050. The second-order valence-corrected chi connectivity index (χ2v) is 7.52. The molecule has 3 aromatic rings. The number of ether oxygens (including phenoxy) is 1. The summed E-state index contributed by atoms with van der Waals surface area (Å²) in [6.07, 6.45) is 1.43. The molecule has 0 bridgehead atoms. The lowest BCUT2D eigenvalue weighted by Crippen LogP contribution is -2.17. The van der Waals surface area contributed by atoms with E-state index in [0.717, 1.165) is 5.56 Å². The molecule has 4 nitrogen and oxygen atoms in total. The molecule has 0 saturated heterocycles. The van der Waals surface area contributed by atoms with Gasteiger partial charge in [-0.3, -0.25) is 4.79 Å². The minimum absolute atomic E-state index is 0.284. The fourth-order valence-electron chi connectivity index (χ4n) is 2.35. The first kappa shape index (κ1) is 21.5. The average Bonchev–Trinajstić information content (AvgIpc) is 2.71. The summed E-state index contributed by atoms with van der Waals surface area (Å²) >= 11 is 24.0. The van der Waals surface area contributed by atoms with Crippen LogP contribution in [0.1, 0.15) is 21.5 Å². The summed E-state index contributed by atoms with van der Waals surface area (Å²) in [5.74, 6) is 0.230. The summed E-state index contributed by atoms with van der Waals surface area (Å²) in [4.78, 5) is 12.2. The summed E-state index contributed by atoms with van der Waals surface area (Å²) in [6.45, 7) is 0.284. The third-order valence-electron chi connectivity index (χ3n) is 3.88. The lowest BCUT2D eigenvalue weighted by atomic mass is 10.2. The van der Waals surface area contributed by atoms with Gasteiger partial charge in [0.25, 0.3) is 5.91 Å². The molecule has 3 aromatic carbocycles. The summed E-state index contributed by atoms with van der Waals surface area (Å²) in [5, 5.41) is 5.79. The predicted octanol–water partition coefficient (Wildman–Crippen LogP) is 6.64. The van der Waals surface area contributed by atoms with Crippen LogP contribution in [0, 0.1) is 0 Å². The SMILES string of the molecule is O=C(N/N=C\c1cccc(Cl)c1Cl)c1ccc(OCc2ccc(Cl)cc2Cl)cc1. The molecule has 0 aliphatic rings. The lowest BCUT2D eigenvalue weighted by molar-refractivity contribution is 0.0955. The van der Waals surface area contributed by atoms with Crippen LogP contribution in [0.15, 0.2) is 65.8 Å². The van der Waals surface area contributed by atoms with Crippen molar-refractivity contribution in [3.63, 3.8) is 0 Å². The van der Waals surface area contributed by atoms with E-state index in [1.807, 2.05) is 0 Å². The average molecular weight is 468 g/mol. The molecular formula is C21H14Cl4N2O2. The molecule has 0 aromatic heterocycles. The minimum atomic E-state index is -0.369. The normalized spacial score (nSPS) is 10.9. The highest BCUT2D eigenvalue weighted by Gasteiger charge is 2.07. The number of nitrogens with one attached hydrogen (secondary N) is 1. The van der Waals surface area contributed by atoms with Gasteiger partial charge in [0.15, 0.2) is 0 Å². The summed E-state index contributed by atoms with van der Waals surface area (Å²) in [5.41, 5.74) is 4.28. The van der Waals surface area contributed by atoms with Crippen LogP contribution >= 0.6 is 46.4 Å². The Balaban J connectivity index is 1.57. The van der Waals surface area contributed by atoms with E-state index in [-0.39, 0.29) is 12.5 Å². The summed E-state index contributed by atoms with van der Waals surface area (Å²) in [6, 6.07) is 17.0. The van der Waals surface area contributed by atoms with Crippen LogP contribution in [0.2, 0.25) is 20.1 Å². The van der Waals surface area contributed by atoms with Gasteiger partial charge in [0.05, 0.1) is 16.3 Å². The molecule has 0 aliphatic carbocycles. The number of carbonyl (C=O) groups is 1. The van der Waals surface area contributed by atoms with Crippen molar-refractivity contribution in [2.75, 3.05) is 0 Å². The highest BCUT2D eigenvalue weighted by atomic mass is 35.5. The molecule has 0 aliphatic heterocycles. The number of hydrazone groups is 1. The molecule has 29 heavy (non-hydrogen) atoms. The molecule has 0 heterocycles. The highest BCUT2D eigenvalue weighted by Crippen LogP contribution is 2.24. The Labute approximate surface area is 188 Å². The van der Waals surface area contributed by atoms with E-state index in [4.69, 9.17) is 51.1 Å². The number of halogens is 4. The maximum atomic E-state index is 12.2. The smallest absolute Gasteiger partial charge is 0.271 e. The van der Waals surface area contributed by atoms with Gasteiger partial charge in [0, 0.05) is 26.7 Å². The first-order valence-corrected chi connectivity index (χ1v) is 9.89. The number of hydrogen-bond donors (Lipinski definition) is 1. The van der Waals surface area contributed by atoms with Crippen molar-refractivity contribution in [2.45, 2.75) is 6.61 Å². The van der Waals surface area contributed by atoms with Gasteiger partial charge in [-0.15, -0.1) is 0 Å². The zero-order valence-corrected chi connectivity index (χ0v) is 17.9. The van der Waals surface area contributed by atoms with Crippen molar-refractivity contribution in [2.24, 2.45) is 5.10 Å². The maximum absolute atomic E-state index is 12.2. The van der Waals surface area contributed by atoms with Gasteiger partial charge in [0.2, 0.25) is 0 Å². The number of carbonyl (C=O) groups excluding carboxylic acids is 1. The Morgan fingerprint density at radius 1 is 0.966 bits per heavy atom. The van der Waals surface area contributed by atoms with E-state index in [9.17, 15) is 4.79 Å². The first-order valence-electron chi connectivity index (χ1n) is 8.38. The molecule has 1 amide bonds. The molecular weight excluding hydrogens is 454 g/mol. The predicted molar refractivity (Wildman–Crippen MR) is 119 cm³/mol. The van der Waals surface area contributed by atoms with Gasteiger partial charge in [-0.1, -0.05) is 64.6 Å². The Kier molecular flexibility index (Phi) is 7.40. The molecule has 0 atom stereocenters. The van der Waals surface area contributed by atoms with Crippen molar-refractivity contribution in [1.29, 1.82) is 0 Å². The van der Waals surface area contributed by atoms with Crippen LogP contribution in [-0.4, -0.2) is 12.1 Å². The zero-order chi connectivity index (χ0) is 20.8. The molecule has 0 fully saturated rings. The summed E-state index contributed by atoms with van der Waals surface area (Å²) in [7, 11) is 0. The zero-order valence-electron chi connectivity index (χ0n) is 14.8. The van der Waals surface area contributed by atoms with Crippen LogP contribution in [0.25, 0.3) is 0 Å². The van der Waals surface area contributed by atoms with Gasteiger partial charge < -0.3 is 4.74 Å². The Morgan fingerprint density at radius 2 is 1.72 bits per heavy atom. The monoisotopic (exact) mass is 466 g/mol. The van der Waals surface area contributed by atoms with Crippen LogP contribution < -0.4 is 10.2 Å². The fourth-order valence-corrected chi connectivity index (χ4v) is 3.17. The number of rotatable bonds is 6. The third kappa shape index (κ3) is 5.87. The number of hydrogen-bond acceptors (Lipinski definition) is 3. The van der Waals surface area contributed by atoms with Crippen molar-refractivity contribution in [3.8, 4) is 5.75 Å². The Hall–Kier alpha value is -2.24. The molecule has 0 saturated carbocycles. The second-order valence-electron chi connectivity index (χ2n) is 5.89. The van der Waals surface area contributed by atoms with E-state index in [0.29, 0.717) is 37.0 Å². The van der Waals surface area contributed by atoms with Gasteiger partial charge in [0.1, 0.15) is 12.4 Å². The van der Waals surface area contributed by atoms with E-state index < -0.39 is 0 Å². The van der Waals surface area contributed by atoms with Crippen molar-refractivity contribution >= 4 is 58.5 Å². The molecule has 1 N–H and O–H groups in total. The summed E-state index contributed by atoms with van der Waals surface area (Å²) < 4.78 is 5.69. The largest absolute Gasteiger partial charge is 0.489 e. The minimum Gasteiger partial charge on any atom is -0.489 e. The number of amides is 1. The van der Waals surface area contributed by atoms with Crippen molar-refractivity contribution in [3.05, 3.63) is 97.4 Å². The molecule has 148 valence electrons. The van der Waals surface area contributed by atoms with Gasteiger partial charge in [-0.2, -0.15) is 5.10 Å². The van der Waals surface area contributed by atoms with Crippen molar-refractivity contribution in [1.82, 2.24) is 5.43 Å². The quantitative estimate of drug-likeness (QED) is 0.326. The second kappa shape index (κ2) is 9.99. The van der Waals surface area contributed by atoms with E-state index >= 15 is 0 Å². The first-order chi connectivity index (χ1) is 13.9. The van der Waals surface area contributed by atoms with Crippen LogP contribution in [0.4, 0.5) is 0 Å². The molecule has 8 heteroatoms. The van der Waals surface area contributed by atoms with Gasteiger partial charge >= 0.3 is 0 Å². The third-order valence-corrected chi connectivity index (χ3v) is 5.30. The van der Waals surface area contributed by atoms with Crippen LogP contribution in [-0.2, 0) is 6.61 Å². The molecule has 0 unspecified atom stereocenters. The lowest BCUT2D eigenvalue weighted by Gasteiger charge is -2.08. The number of benzene rings is 3. The number of nitrogens with zero attached hydrogens (tertiary/aromatic N) is 1. The van der Waals surface area contributed by atoms with E-state index in [1.54, 1.807) is 60.7 Å². The van der Waals surface area contributed by atoms with E-state index in [2.05, 4.69) is 10.5 Å².